The predicted molar refractivity (Wildman–Crippen MR) is 88.8 cm³/mol. The number of hydrogen-bond donors (Lipinski definition) is 4. The van der Waals surface area contributed by atoms with Gasteiger partial charge in [0, 0.05) is 6.54 Å². The molecule has 0 fully saturated rings. The van der Waals surface area contributed by atoms with Gasteiger partial charge in [-0.3, -0.25) is 4.79 Å². The van der Waals surface area contributed by atoms with Gasteiger partial charge >= 0.3 is 0 Å². The number of hydrogen-bond acceptors (Lipinski definition) is 5. The van der Waals surface area contributed by atoms with Crippen LogP contribution in [-0.4, -0.2) is 33.6 Å². The maximum absolute atomic E-state index is 11.6. The largest absolute Gasteiger partial charge is 0.390 e. The number of aromatic amines is 1. The van der Waals surface area contributed by atoms with Crippen molar-refractivity contribution < 1.29 is 5.11 Å². The lowest BCUT2D eigenvalue weighted by atomic mass is 10.1. The number of aromatic nitrogens is 2. The van der Waals surface area contributed by atoms with E-state index in [-0.39, 0.29) is 5.56 Å². The maximum atomic E-state index is 11.6. The summed E-state index contributed by atoms with van der Waals surface area (Å²) in [6.45, 7) is 5.74. The molecule has 0 saturated carbocycles. The van der Waals surface area contributed by atoms with Gasteiger partial charge in [-0.05, 0) is 39.3 Å². The van der Waals surface area contributed by atoms with Crippen molar-refractivity contribution in [1.29, 1.82) is 0 Å². The predicted octanol–water partition coefficient (Wildman–Crippen LogP) is 1.42. The Balaban J connectivity index is 2.40. The van der Waals surface area contributed by atoms with E-state index < -0.39 is 5.60 Å². The highest BCUT2D eigenvalue weighted by molar-refractivity contribution is 5.87. The first-order chi connectivity index (χ1) is 10.3. The van der Waals surface area contributed by atoms with Crippen LogP contribution in [-0.2, 0) is 0 Å². The Morgan fingerprint density at radius 3 is 2.86 bits per heavy atom. The number of aliphatic hydroxyl groups is 1. The topological polar surface area (TPSA) is 116 Å². The highest BCUT2D eigenvalue weighted by Gasteiger charge is 2.13. The molecule has 7 nitrogen and oxygen atoms in total. The van der Waals surface area contributed by atoms with Crippen LogP contribution in [0.25, 0.3) is 11.0 Å². The summed E-state index contributed by atoms with van der Waals surface area (Å²) in [5.74, 6) is 0. The Morgan fingerprint density at radius 2 is 2.23 bits per heavy atom. The molecule has 0 unspecified atom stereocenters. The molecular formula is C15H21N5O2. The fourth-order valence-corrected chi connectivity index (χ4v) is 2.05. The number of anilines is 1. The van der Waals surface area contributed by atoms with Crippen molar-refractivity contribution in [2.75, 3.05) is 11.9 Å². The van der Waals surface area contributed by atoms with Crippen molar-refractivity contribution in [3.05, 3.63) is 28.2 Å². The molecule has 0 atom stereocenters. The molecule has 118 valence electrons. The van der Waals surface area contributed by atoms with Crippen molar-refractivity contribution >= 4 is 28.7 Å². The van der Waals surface area contributed by atoms with E-state index in [2.05, 4.69) is 20.3 Å². The second kappa shape index (κ2) is 6.15. The number of nitrogens with zero attached hydrogens (tertiary/aromatic N) is 2. The quantitative estimate of drug-likeness (QED) is 0.492. The molecule has 1 aromatic carbocycles. The first-order valence-electron chi connectivity index (χ1n) is 7.05. The van der Waals surface area contributed by atoms with Gasteiger partial charge in [-0.15, -0.1) is 0 Å². The summed E-state index contributed by atoms with van der Waals surface area (Å²) in [6, 6.07) is 3.53. The Morgan fingerprint density at radius 1 is 1.50 bits per heavy atom. The van der Waals surface area contributed by atoms with Gasteiger partial charge in [0.1, 0.15) is 5.69 Å². The highest BCUT2D eigenvalue weighted by Crippen LogP contribution is 2.28. The highest BCUT2D eigenvalue weighted by atomic mass is 16.3. The lowest BCUT2D eigenvalue weighted by Crippen LogP contribution is -2.22. The number of H-pyrrole nitrogens is 1. The normalized spacial score (nSPS) is 12.2. The maximum Gasteiger partial charge on any atom is 0.269 e. The number of nitrogens with two attached hydrogens (primary N) is 1. The molecule has 0 amide bonds. The third kappa shape index (κ3) is 3.82. The third-order valence-electron chi connectivity index (χ3n) is 3.24. The van der Waals surface area contributed by atoms with Crippen LogP contribution >= 0.6 is 0 Å². The van der Waals surface area contributed by atoms with E-state index in [1.54, 1.807) is 26.8 Å². The molecule has 7 heteroatoms. The zero-order valence-electron chi connectivity index (χ0n) is 13.0. The summed E-state index contributed by atoms with van der Waals surface area (Å²) in [5.41, 5.74) is 7.43. The van der Waals surface area contributed by atoms with Gasteiger partial charge in [0.2, 0.25) is 0 Å². The van der Waals surface area contributed by atoms with Crippen molar-refractivity contribution in [2.45, 2.75) is 32.8 Å². The molecule has 0 spiro atoms. The van der Waals surface area contributed by atoms with Crippen LogP contribution < -0.4 is 16.6 Å². The van der Waals surface area contributed by atoms with Crippen LogP contribution in [0.2, 0.25) is 0 Å². The van der Waals surface area contributed by atoms with Gasteiger partial charge in [0.15, 0.2) is 0 Å². The van der Waals surface area contributed by atoms with Crippen molar-refractivity contribution in [3.63, 3.8) is 0 Å². The van der Waals surface area contributed by atoms with Crippen LogP contribution in [0.3, 0.4) is 0 Å². The van der Waals surface area contributed by atoms with Gasteiger partial charge < -0.3 is 21.1 Å². The van der Waals surface area contributed by atoms with Crippen molar-refractivity contribution in [2.24, 2.45) is 10.7 Å². The molecule has 22 heavy (non-hydrogen) atoms. The van der Waals surface area contributed by atoms with E-state index in [1.807, 2.05) is 6.07 Å². The molecule has 0 saturated heterocycles. The first-order valence-corrected chi connectivity index (χ1v) is 7.05. The van der Waals surface area contributed by atoms with E-state index >= 15 is 0 Å². The fourth-order valence-electron chi connectivity index (χ4n) is 2.05. The van der Waals surface area contributed by atoms with E-state index in [9.17, 15) is 9.90 Å². The van der Waals surface area contributed by atoms with E-state index in [1.165, 1.54) is 6.34 Å². The Labute approximate surface area is 128 Å². The molecule has 1 heterocycles. The van der Waals surface area contributed by atoms with Gasteiger partial charge in [-0.2, -0.15) is 0 Å². The van der Waals surface area contributed by atoms with E-state index in [4.69, 9.17) is 5.73 Å². The summed E-state index contributed by atoms with van der Waals surface area (Å²) in [4.78, 5) is 22.8. The lowest BCUT2D eigenvalue weighted by Gasteiger charge is -2.18. The number of aryl methyl sites for hydroxylation is 1. The van der Waals surface area contributed by atoms with Crippen LogP contribution in [0.5, 0.6) is 0 Å². The molecule has 0 radical (unpaired) electrons. The SMILES string of the molecule is Cc1nc2cc(NCCC(C)(C)O)c(N=CN)cc2[nH]c1=O. The molecule has 0 aliphatic rings. The number of nitrogens with one attached hydrogen (secondary N) is 2. The number of aliphatic imine (C=N–C) groups is 1. The minimum absolute atomic E-state index is 0.224. The molecular weight excluding hydrogens is 282 g/mol. The van der Waals surface area contributed by atoms with Crippen molar-refractivity contribution in [3.8, 4) is 0 Å². The summed E-state index contributed by atoms with van der Waals surface area (Å²) in [5, 5.41) is 13.0. The van der Waals surface area contributed by atoms with Gasteiger partial charge in [0.05, 0.1) is 34.3 Å². The van der Waals surface area contributed by atoms with Crippen LogP contribution in [0.1, 0.15) is 26.0 Å². The van der Waals surface area contributed by atoms with Gasteiger partial charge in [-0.1, -0.05) is 0 Å². The van der Waals surface area contributed by atoms with Gasteiger partial charge in [0.25, 0.3) is 5.56 Å². The molecule has 1 aromatic heterocycles. The summed E-state index contributed by atoms with van der Waals surface area (Å²) < 4.78 is 0. The summed E-state index contributed by atoms with van der Waals surface area (Å²) in [7, 11) is 0. The molecule has 2 aromatic rings. The van der Waals surface area contributed by atoms with E-state index in [0.29, 0.717) is 35.4 Å². The van der Waals surface area contributed by atoms with Crippen molar-refractivity contribution in [1.82, 2.24) is 9.97 Å². The molecule has 5 N–H and O–H groups in total. The number of rotatable bonds is 5. The first kappa shape index (κ1) is 16.0. The molecule has 0 aliphatic carbocycles. The smallest absolute Gasteiger partial charge is 0.269 e. The summed E-state index contributed by atoms with van der Waals surface area (Å²) >= 11 is 0. The number of fused-ring (bicyclic) bond motifs is 1. The minimum atomic E-state index is -0.749. The second-order valence-electron chi connectivity index (χ2n) is 5.81. The monoisotopic (exact) mass is 303 g/mol. The second-order valence-corrected chi connectivity index (χ2v) is 5.81. The standard InChI is InChI=1S/C15H21N5O2/c1-9-14(21)20-13-7-11(18-8-16)10(6-12(13)19-9)17-5-4-15(2,3)22/h6-8,17,22H,4-5H2,1-3H3,(H2,16,18)(H,20,21). The average molecular weight is 303 g/mol. The third-order valence-corrected chi connectivity index (χ3v) is 3.24. The van der Waals surface area contributed by atoms with Crippen LogP contribution in [0.4, 0.5) is 11.4 Å². The number of benzene rings is 1. The van der Waals surface area contributed by atoms with Crippen LogP contribution in [0.15, 0.2) is 21.9 Å². The molecule has 0 bridgehead atoms. The summed E-state index contributed by atoms with van der Waals surface area (Å²) in [6.07, 6.45) is 1.77. The minimum Gasteiger partial charge on any atom is -0.390 e. The zero-order chi connectivity index (χ0) is 16.3. The lowest BCUT2D eigenvalue weighted by molar-refractivity contribution is 0.0749. The average Bonchev–Trinajstić information content (AvgIpc) is 2.40. The Bertz CT molecular complexity index is 759. The van der Waals surface area contributed by atoms with Crippen LogP contribution in [0, 0.1) is 6.92 Å². The Hall–Kier alpha value is -2.41. The van der Waals surface area contributed by atoms with Gasteiger partial charge in [-0.25, -0.2) is 9.98 Å². The molecule has 0 aliphatic heterocycles. The van der Waals surface area contributed by atoms with E-state index in [0.717, 1.165) is 5.69 Å². The zero-order valence-corrected chi connectivity index (χ0v) is 13.0. The fraction of sp³-hybridized carbons (Fsp3) is 0.400. The Kier molecular flexibility index (Phi) is 4.46. The molecule has 2 rings (SSSR count).